The van der Waals surface area contributed by atoms with Gasteiger partial charge in [0.15, 0.2) is 5.82 Å². The van der Waals surface area contributed by atoms with Gasteiger partial charge in [-0.05, 0) is 19.8 Å². The molecule has 2 unspecified atom stereocenters. The van der Waals surface area contributed by atoms with Crippen molar-refractivity contribution in [3.05, 3.63) is 18.2 Å². The summed E-state index contributed by atoms with van der Waals surface area (Å²) in [6.45, 7) is 2.15. The summed E-state index contributed by atoms with van der Waals surface area (Å²) < 4.78 is 1.92. The van der Waals surface area contributed by atoms with E-state index in [9.17, 15) is 5.11 Å². The van der Waals surface area contributed by atoms with Crippen molar-refractivity contribution >= 4 is 11.5 Å². The highest BCUT2D eigenvalue weighted by Crippen LogP contribution is 2.27. The minimum absolute atomic E-state index is 0.229. The minimum atomic E-state index is 0.229. The Morgan fingerprint density at radius 2 is 2.21 bits per heavy atom. The summed E-state index contributed by atoms with van der Waals surface area (Å²) in [6, 6.07) is 0.273. The third-order valence-corrected chi connectivity index (χ3v) is 3.96. The Labute approximate surface area is 111 Å². The van der Waals surface area contributed by atoms with Crippen LogP contribution in [0.3, 0.4) is 0 Å². The Morgan fingerprint density at radius 1 is 1.37 bits per heavy atom. The molecule has 2 aromatic rings. The molecule has 2 atom stereocenters. The van der Waals surface area contributed by atoms with Gasteiger partial charge in [-0.25, -0.2) is 4.98 Å². The molecular formula is C13H19N5O. The number of anilines is 1. The van der Waals surface area contributed by atoms with E-state index in [0.717, 1.165) is 30.1 Å². The van der Waals surface area contributed by atoms with Gasteiger partial charge in [0.2, 0.25) is 5.65 Å². The summed E-state index contributed by atoms with van der Waals surface area (Å²) in [5.41, 5.74) is 0.752. The Hall–Kier alpha value is -1.69. The van der Waals surface area contributed by atoms with E-state index in [2.05, 4.69) is 20.5 Å². The molecule has 0 aliphatic heterocycles. The lowest BCUT2D eigenvalue weighted by atomic mass is 9.85. The lowest BCUT2D eigenvalue weighted by Crippen LogP contribution is -2.34. The van der Waals surface area contributed by atoms with E-state index < -0.39 is 0 Å². The SMILES string of the molecule is Cc1nnc2c(NC3CCCCC3CO)nccn12. The average Bonchev–Trinajstić information content (AvgIpc) is 2.82. The second kappa shape index (κ2) is 5.13. The number of nitrogens with one attached hydrogen (secondary N) is 1. The van der Waals surface area contributed by atoms with Crippen molar-refractivity contribution in [3.8, 4) is 0 Å². The predicted octanol–water partition coefficient (Wildman–Crippen LogP) is 1.40. The molecule has 3 rings (SSSR count). The van der Waals surface area contributed by atoms with Gasteiger partial charge < -0.3 is 10.4 Å². The third-order valence-electron chi connectivity index (χ3n) is 3.96. The molecule has 1 saturated carbocycles. The molecule has 6 heteroatoms. The first-order chi connectivity index (χ1) is 9.29. The van der Waals surface area contributed by atoms with Crippen molar-refractivity contribution in [2.75, 3.05) is 11.9 Å². The Kier molecular flexibility index (Phi) is 3.33. The number of hydrogen-bond donors (Lipinski definition) is 2. The van der Waals surface area contributed by atoms with E-state index in [1.165, 1.54) is 12.8 Å². The molecule has 2 N–H and O–H groups in total. The van der Waals surface area contributed by atoms with Gasteiger partial charge >= 0.3 is 0 Å². The number of nitrogens with zero attached hydrogens (tertiary/aromatic N) is 4. The monoisotopic (exact) mass is 261 g/mol. The van der Waals surface area contributed by atoms with E-state index in [0.29, 0.717) is 5.92 Å². The number of fused-ring (bicyclic) bond motifs is 1. The van der Waals surface area contributed by atoms with Gasteiger partial charge in [-0.3, -0.25) is 4.40 Å². The molecule has 6 nitrogen and oxygen atoms in total. The topological polar surface area (TPSA) is 75.3 Å². The van der Waals surface area contributed by atoms with Crippen molar-refractivity contribution < 1.29 is 5.11 Å². The van der Waals surface area contributed by atoms with Crippen LogP contribution in [0.1, 0.15) is 31.5 Å². The van der Waals surface area contributed by atoms with E-state index in [-0.39, 0.29) is 12.6 Å². The van der Waals surface area contributed by atoms with Crippen molar-refractivity contribution in [1.82, 2.24) is 19.6 Å². The molecule has 0 amide bonds. The number of aromatic nitrogens is 4. The summed E-state index contributed by atoms with van der Waals surface area (Å²) in [5.74, 6) is 1.91. The Balaban J connectivity index is 1.88. The Bertz CT molecular complexity index is 567. The van der Waals surface area contributed by atoms with Gasteiger partial charge in [-0.2, -0.15) is 0 Å². The molecular weight excluding hydrogens is 242 g/mol. The van der Waals surface area contributed by atoms with Crippen LogP contribution in [0.5, 0.6) is 0 Å². The van der Waals surface area contributed by atoms with Crippen molar-refractivity contribution in [2.45, 2.75) is 38.6 Å². The zero-order valence-electron chi connectivity index (χ0n) is 11.1. The van der Waals surface area contributed by atoms with Crippen molar-refractivity contribution in [1.29, 1.82) is 0 Å². The second-order valence-corrected chi connectivity index (χ2v) is 5.19. The van der Waals surface area contributed by atoms with Crippen LogP contribution >= 0.6 is 0 Å². The lowest BCUT2D eigenvalue weighted by Gasteiger charge is -2.31. The third kappa shape index (κ3) is 2.28. The molecule has 19 heavy (non-hydrogen) atoms. The van der Waals surface area contributed by atoms with Crippen LogP contribution in [0.25, 0.3) is 5.65 Å². The lowest BCUT2D eigenvalue weighted by molar-refractivity contribution is 0.178. The summed E-state index contributed by atoms with van der Waals surface area (Å²) in [7, 11) is 0. The van der Waals surface area contributed by atoms with Crippen LogP contribution in [0.15, 0.2) is 12.4 Å². The van der Waals surface area contributed by atoms with E-state index in [1.807, 2.05) is 17.5 Å². The van der Waals surface area contributed by atoms with Crippen molar-refractivity contribution in [2.24, 2.45) is 5.92 Å². The number of aryl methyl sites for hydroxylation is 1. The normalized spacial score (nSPS) is 23.7. The fourth-order valence-corrected chi connectivity index (χ4v) is 2.84. The number of aliphatic hydroxyl groups is 1. The van der Waals surface area contributed by atoms with Crippen LogP contribution in [-0.2, 0) is 0 Å². The standard InChI is InChI=1S/C13H19N5O/c1-9-16-17-13-12(14-6-7-18(9)13)15-11-5-3-2-4-10(11)8-19/h6-7,10-11,19H,2-5,8H2,1H3,(H,14,15). The fourth-order valence-electron chi connectivity index (χ4n) is 2.84. The van der Waals surface area contributed by atoms with Gasteiger partial charge in [0.05, 0.1) is 0 Å². The molecule has 2 aromatic heterocycles. The summed E-state index contributed by atoms with van der Waals surface area (Å²) in [6.07, 6.45) is 8.15. The first-order valence-corrected chi connectivity index (χ1v) is 6.83. The number of hydrogen-bond acceptors (Lipinski definition) is 5. The van der Waals surface area contributed by atoms with E-state index >= 15 is 0 Å². The van der Waals surface area contributed by atoms with Crippen LogP contribution in [0.4, 0.5) is 5.82 Å². The average molecular weight is 261 g/mol. The van der Waals surface area contributed by atoms with Gasteiger partial charge in [0, 0.05) is 31.0 Å². The molecule has 1 aliphatic carbocycles. The molecule has 1 aliphatic rings. The maximum atomic E-state index is 9.46. The fraction of sp³-hybridized carbons (Fsp3) is 0.615. The predicted molar refractivity (Wildman–Crippen MR) is 72.0 cm³/mol. The molecule has 0 radical (unpaired) electrons. The maximum absolute atomic E-state index is 9.46. The summed E-state index contributed by atoms with van der Waals surface area (Å²) in [4.78, 5) is 4.37. The van der Waals surface area contributed by atoms with Crippen LogP contribution in [0, 0.1) is 12.8 Å². The van der Waals surface area contributed by atoms with Crippen LogP contribution in [-0.4, -0.2) is 37.3 Å². The molecule has 0 saturated heterocycles. The van der Waals surface area contributed by atoms with Crippen molar-refractivity contribution in [3.63, 3.8) is 0 Å². The first kappa shape index (κ1) is 12.3. The minimum Gasteiger partial charge on any atom is -0.396 e. The van der Waals surface area contributed by atoms with Crippen LogP contribution in [0.2, 0.25) is 0 Å². The number of aliphatic hydroxyl groups excluding tert-OH is 1. The summed E-state index contributed by atoms with van der Waals surface area (Å²) >= 11 is 0. The van der Waals surface area contributed by atoms with Crippen LogP contribution < -0.4 is 5.32 Å². The quantitative estimate of drug-likeness (QED) is 0.873. The molecule has 0 spiro atoms. The number of rotatable bonds is 3. The molecule has 2 heterocycles. The second-order valence-electron chi connectivity index (χ2n) is 5.19. The van der Waals surface area contributed by atoms with Gasteiger partial charge in [-0.15, -0.1) is 10.2 Å². The smallest absolute Gasteiger partial charge is 0.203 e. The highest BCUT2D eigenvalue weighted by Gasteiger charge is 2.25. The molecule has 102 valence electrons. The zero-order chi connectivity index (χ0) is 13.2. The maximum Gasteiger partial charge on any atom is 0.203 e. The summed E-state index contributed by atoms with van der Waals surface area (Å²) in [5, 5.41) is 21.1. The zero-order valence-corrected chi connectivity index (χ0v) is 11.1. The first-order valence-electron chi connectivity index (χ1n) is 6.83. The van der Waals surface area contributed by atoms with E-state index in [1.54, 1.807) is 6.20 Å². The van der Waals surface area contributed by atoms with Gasteiger partial charge in [-0.1, -0.05) is 12.8 Å². The molecule has 0 bridgehead atoms. The largest absolute Gasteiger partial charge is 0.396 e. The highest BCUT2D eigenvalue weighted by molar-refractivity contribution is 5.62. The van der Waals surface area contributed by atoms with E-state index in [4.69, 9.17) is 0 Å². The molecule has 0 aromatic carbocycles. The molecule has 1 fully saturated rings. The highest BCUT2D eigenvalue weighted by atomic mass is 16.3. The van der Waals surface area contributed by atoms with Gasteiger partial charge in [0.1, 0.15) is 5.82 Å². The van der Waals surface area contributed by atoms with Gasteiger partial charge in [0.25, 0.3) is 0 Å². The Morgan fingerprint density at radius 3 is 3.05 bits per heavy atom.